The molecule has 0 amide bonds. The molecule has 2 atom stereocenters. The van der Waals surface area contributed by atoms with Gasteiger partial charge in [0.05, 0.1) is 13.7 Å². The topological polar surface area (TPSA) is 105 Å². The van der Waals surface area contributed by atoms with Gasteiger partial charge in [-0.1, -0.05) is 12.1 Å². The molecule has 21 heavy (non-hydrogen) atoms. The van der Waals surface area contributed by atoms with E-state index in [0.29, 0.717) is 11.3 Å². The summed E-state index contributed by atoms with van der Waals surface area (Å²) in [5.41, 5.74) is -1.72. The molecular formula is C14H18O7. The molecule has 2 rings (SSSR count). The maximum Gasteiger partial charge on any atom is 0.192 e. The van der Waals surface area contributed by atoms with Gasteiger partial charge in [0.1, 0.15) is 25.1 Å². The van der Waals surface area contributed by atoms with Gasteiger partial charge < -0.3 is 29.5 Å². The van der Waals surface area contributed by atoms with Crippen LogP contribution in [0.1, 0.15) is 11.7 Å². The van der Waals surface area contributed by atoms with Crippen LogP contribution in [0.2, 0.25) is 0 Å². The molecule has 0 bridgehead atoms. The predicted octanol–water partition coefficient (Wildman–Crippen LogP) is -0.606. The van der Waals surface area contributed by atoms with Gasteiger partial charge in [0.15, 0.2) is 17.7 Å². The molecule has 3 N–H and O–H groups in total. The normalized spacial score (nSPS) is 20.9. The number of ketones is 1. The maximum absolute atomic E-state index is 11.1. The van der Waals surface area contributed by atoms with Crippen LogP contribution < -0.4 is 4.74 Å². The van der Waals surface area contributed by atoms with Gasteiger partial charge >= 0.3 is 0 Å². The van der Waals surface area contributed by atoms with Crippen molar-refractivity contribution in [2.24, 2.45) is 0 Å². The summed E-state index contributed by atoms with van der Waals surface area (Å²) < 4.78 is 15.1. The van der Waals surface area contributed by atoms with Crippen molar-refractivity contribution in [1.82, 2.24) is 0 Å². The summed E-state index contributed by atoms with van der Waals surface area (Å²) in [5.74, 6) is 0.319. The lowest BCUT2D eigenvalue weighted by molar-refractivity contribution is -0.285. The molecule has 2 unspecified atom stereocenters. The molecule has 0 aromatic heterocycles. The van der Waals surface area contributed by atoms with E-state index in [9.17, 15) is 20.1 Å². The van der Waals surface area contributed by atoms with E-state index in [1.54, 1.807) is 24.3 Å². The summed E-state index contributed by atoms with van der Waals surface area (Å²) in [7, 11) is 1.51. The third-order valence-electron chi connectivity index (χ3n) is 3.36. The third kappa shape index (κ3) is 3.22. The van der Waals surface area contributed by atoms with E-state index in [4.69, 9.17) is 14.2 Å². The molecule has 116 valence electrons. The molecule has 0 aliphatic carbocycles. The first-order valence-electron chi connectivity index (χ1n) is 6.41. The Morgan fingerprint density at radius 1 is 1.33 bits per heavy atom. The second-order valence-corrected chi connectivity index (χ2v) is 4.82. The first-order valence-corrected chi connectivity index (χ1v) is 6.41. The average Bonchev–Trinajstić information content (AvgIpc) is 2.54. The van der Waals surface area contributed by atoms with Crippen LogP contribution in [-0.2, 0) is 14.3 Å². The van der Waals surface area contributed by atoms with Crippen molar-refractivity contribution in [2.45, 2.75) is 18.0 Å². The predicted molar refractivity (Wildman–Crippen MR) is 70.7 cm³/mol. The Hall–Kier alpha value is -1.51. The van der Waals surface area contributed by atoms with Crippen molar-refractivity contribution in [1.29, 1.82) is 0 Å². The first-order chi connectivity index (χ1) is 10.0. The molecule has 1 fully saturated rings. The van der Waals surface area contributed by atoms with Gasteiger partial charge in [0.25, 0.3) is 0 Å². The number of ether oxygens (including phenoxy) is 3. The van der Waals surface area contributed by atoms with Gasteiger partial charge in [-0.25, -0.2) is 0 Å². The van der Waals surface area contributed by atoms with Crippen molar-refractivity contribution in [3.8, 4) is 5.75 Å². The zero-order chi connectivity index (χ0) is 15.5. The standard InChI is InChI=1S/C14H18O7/c1-19-11-4-2-9(3-5-11)12(17)14(18,8-15)13-20-6-10(16)7-21-13/h2-5,12-13,15,17-18H,6-8H2,1H3. The highest BCUT2D eigenvalue weighted by molar-refractivity contribution is 5.81. The second kappa shape index (κ2) is 6.50. The van der Waals surface area contributed by atoms with Crippen LogP contribution in [0.3, 0.4) is 0 Å². The number of hydrogen-bond acceptors (Lipinski definition) is 7. The Morgan fingerprint density at radius 3 is 2.38 bits per heavy atom. The molecule has 1 heterocycles. The van der Waals surface area contributed by atoms with Crippen molar-refractivity contribution >= 4 is 5.78 Å². The van der Waals surface area contributed by atoms with Gasteiger partial charge in [0.2, 0.25) is 0 Å². The van der Waals surface area contributed by atoms with Gasteiger partial charge in [0, 0.05) is 0 Å². The number of aliphatic hydroxyl groups excluding tert-OH is 2. The van der Waals surface area contributed by atoms with Crippen molar-refractivity contribution in [3.63, 3.8) is 0 Å². The van der Waals surface area contributed by atoms with Crippen molar-refractivity contribution in [3.05, 3.63) is 29.8 Å². The minimum absolute atomic E-state index is 0.234. The molecule has 0 spiro atoms. The fourth-order valence-electron chi connectivity index (χ4n) is 2.08. The number of Topliss-reactive ketones (excluding diaryl/α,β-unsaturated/α-hetero) is 1. The number of benzene rings is 1. The Morgan fingerprint density at radius 2 is 1.90 bits per heavy atom. The van der Waals surface area contributed by atoms with Gasteiger partial charge in [-0.15, -0.1) is 0 Å². The molecule has 7 nitrogen and oxygen atoms in total. The number of aliphatic hydroxyl groups is 3. The molecule has 1 aliphatic rings. The summed E-state index contributed by atoms with van der Waals surface area (Å²) in [6, 6.07) is 6.33. The van der Waals surface area contributed by atoms with E-state index >= 15 is 0 Å². The number of methoxy groups -OCH3 is 1. The molecule has 1 aromatic carbocycles. The Bertz CT molecular complexity index is 477. The molecule has 1 aliphatic heterocycles. The zero-order valence-electron chi connectivity index (χ0n) is 11.6. The lowest BCUT2D eigenvalue weighted by Crippen LogP contribution is -2.55. The SMILES string of the molecule is COc1ccc(C(O)C(O)(CO)C2OCC(=O)CO2)cc1. The lowest BCUT2D eigenvalue weighted by Gasteiger charge is -2.39. The number of carbonyl (C=O) groups excluding carboxylic acids is 1. The van der Waals surface area contributed by atoms with Crippen LogP contribution in [0, 0.1) is 0 Å². The zero-order valence-corrected chi connectivity index (χ0v) is 11.6. The van der Waals surface area contributed by atoms with Crippen molar-refractivity contribution < 1.29 is 34.3 Å². The molecule has 1 saturated heterocycles. The molecule has 0 saturated carbocycles. The number of rotatable bonds is 5. The highest BCUT2D eigenvalue weighted by atomic mass is 16.7. The Labute approximate surface area is 121 Å². The largest absolute Gasteiger partial charge is 0.497 e. The van der Waals surface area contributed by atoms with E-state index in [2.05, 4.69) is 0 Å². The number of hydrogen-bond donors (Lipinski definition) is 3. The van der Waals surface area contributed by atoms with Crippen LogP contribution in [0.4, 0.5) is 0 Å². The summed E-state index contributed by atoms with van der Waals surface area (Å²) >= 11 is 0. The lowest BCUT2D eigenvalue weighted by atomic mass is 9.90. The Kier molecular flexibility index (Phi) is 4.92. The highest BCUT2D eigenvalue weighted by Gasteiger charge is 2.47. The first kappa shape index (κ1) is 15.9. The van der Waals surface area contributed by atoms with E-state index in [1.165, 1.54) is 7.11 Å². The van der Waals surface area contributed by atoms with E-state index in [1.807, 2.05) is 0 Å². The fourth-order valence-corrected chi connectivity index (χ4v) is 2.08. The molecule has 1 aromatic rings. The van der Waals surface area contributed by atoms with Gasteiger partial charge in [-0.05, 0) is 17.7 Å². The van der Waals surface area contributed by atoms with Crippen molar-refractivity contribution in [2.75, 3.05) is 26.9 Å². The quantitative estimate of drug-likeness (QED) is 0.666. The molecule has 0 radical (unpaired) electrons. The van der Waals surface area contributed by atoms with Crippen LogP contribution in [-0.4, -0.2) is 59.9 Å². The van der Waals surface area contributed by atoms with Crippen LogP contribution in [0.5, 0.6) is 5.75 Å². The van der Waals surface area contributed by atoms with Gasteiger partial charge in [-0.2, -0.15) is 0 Å². The van der Waals surface area contributed by atoms with E-state index in [0.717, 1.165) is 0 Å². The van der Waals surface area contributed by atoms with E-state index < -0.39 is 24.6 Å². The molecular weight excluding hydrogens is 280 g/mol. The maximum atomic E-state index is 11.1. The summed E-state index contributed by atoms with van der Waals surface area (Å²) in [6.07, 6.45) is -2.75. The fraction of sp³-hybridized carbons (Fsp3) is 0.500. The van der Waals surface area contributed by atoms with Crippen LogP contribution in [0.15, 0.2) is 24.3 Å². The number of carbonyl (C=O) groups is 1. The summed E-state index contributed by atoms with van der Waals surface area (Å²) in [6.45, 7) is -1.26. The summed E-state index contributed by atoms with van der Waals surface area (Å²) in [4.78, 5) is 11.1. The van der Waals surface area contributed by atoms with Crippen LogP contribution in [0.25, 0.3) is 0 Å². The van der Waals surface area contributed by atoms with E-state index in [-0.39, 0.29) is 19.0 Å². The summed E-state index contributed by atoms with van der Waals surface area (Å²) in [5, 5.41) is 30.3. The average molecular weight is 298 g/mol. The second-order valence-electron chi connectivity index (χ2n) is 4.82. The van der Waals surface area contributed by atoms with Crippen LogP contribution >= 0.6 is 0 Å². The monoisotopic (exact) mass is 298 g/mol. The smallest absolute Gasteiger partial charge is 0.192 e. The highest BCUT2D eigenvalue weighted by Crippen LogP contribution is 2.32. The third-order valence-corrected chi connectivity index (χ3v) is 3.36. The minimum Gasteiger partial charge on any atom is -0.497 e. The minimum atomic E-state index is -2.07. The Balaban J connectivity index is 2.19. The van der Waals surface area contributed by atoms with Gasteiger partial charge in [-0.3, -0.25) is 4.79 Å². The molecule has 7 heteroatoms.